The van der Waals surface area contributed by atoms with Gasteiger partial charge in [-0.2, -0.15) is 13.2 Å². The number of nitrogens with zero attached hydrogens (tertiary/aromatic N) is 4. The summed E-state index contributed by atoms with van der Waals surface area (Å²) in [5.41, 5.74) is 0.0729. The number of nitrogens with one attached hydrogen (secondary N) is 2. The van der Waals surface area contributed by atoms with Crippen molar-refractivity contribution in [2.45, 2.75) is 32.0 Å². The van der Waals surface area contributed by atoms with Crippen LogP contribution in [0.5, 0.6) is 0 Å². The number of unbranched alkanes of at least 4 members (excludes halogenated alkanes) is 1. The molecule has 4 aromatic rings. The van der Waals surface area contributed by atoms with Crippen molar-refractivity contribution in [1.29, 1.82) is 0 Å². The number of aromatic amines is 1. The van der Waals surface area contributed by atoms with Crippen molar-refractivity contribution in [3.05, 3.63) is 58.3 Å². The van der Waals surface area contributed by atoms with Crippen LogP contribution < -0.4 is 5.32 Å². The highest BCUT2D eigenvalue weighted by Gasteiger charge is 2.31. The number of carbonyl (C=O) groups excluding carboxylic acids is 1. The van der Waals surface area contributed by atoms with Crippen LogP contribution in [0.2, 0.25) is 5.02 Å². The fraction of sp³-hybridized carbons (Fsp3) is 0.261. The zero-order valence-corrected chi connectivity index (χ0v) is 19.4. The lowest BCUT2D eigenvalue weighted by molar-refractivity contribution is -0.137. The van der Waals surface area contributed by atoms with Crippen LogP contribution in [0, 0.1) is 11.8 Å². The van der Waals surface area contributed by atoms with Gasteiger partial charge in [-0.3, -0.25) is 4.79 Å². The third-order valence-corrected chi connectivity index (χ3v) is 5.38. The quantitative estimate of drug-likeness (QED) is 0.256. The van der Waals surface area contributed by atoms with Gasteiger partial charge in [-0.05, 0) is 37.5 Å². The first kappa shape index (κ1) is 25.2. The minimum absolute atomic E-state index is 0.0103. The number of fused-ring (bicyclic) bond motifs is 1. The second-order valence-corrected chi connectivity index (χ2v) is 8.02. The molecule has 9 nitrogen and oxygen atoms in total. The Morgan fingerprint density at radius 3 is 2.86 bits per heavy atom. The Hall–Kier alpha value is -3.95. The second kappa shape index (κ2) is 10.3. The summed E-state index contributed by atoms with van der Waals surface area (Å²) in [6, 6.07) is 4.02. The molecule has 0 radical (unpaired) electrons. The highest BCUT2D eigenvalue weighted by molar-refractivity contribution is 6.34. The normalized spacial score (nSPS) is 12.3. The molecule has 1 aromatic carbocycles. The van der Waals surface area contributed by atoms with Gasteiger partial charge in [0.05, 0.1) is 22.6 Å². The summed E-state index contributed by atoms with van der Waals surface area (Å²) in [5, 5.41) is 15.4. The Labute approximate surface area is 207 Å². The summed E-state index contributed by atoms with van der Waals surface area (Å²) in [6.45, 7) is 1.65. The van der Waals surface area contributed by atoms with E-state index >= 15 is 0 Å². The van der Waals surface area contributed by atoms with Gasteiger partial charge in [0.25, 0.3) is 5.91 Å². The Morgan fingerprint density at radius 1 is 1.31 bits per heavy atom. The summed E-state index contributed by atoms with van der Waals surface area (Å²) in [4.78, 5) is 27.7. The van der Waals surface area contributed by atoms with Crippen LogP contribution in [0.4, 0.5) is 13.2 Å². The van der Waals surface area contributed by atoms with E-state index in [1.54, 1.807) is 6.92 Å². The first-order valence-corrected chi connectivity index (χ1v) is 11.0. The molecule has 1 unspecified atom stereocenters. The van der Waals surface area contributed by atoms with Crippen LogP contribution in [0.25, 0.3) is 22.6 Å². The molecule has 0 spiro atoms. The molecule has 0 aliphatic carbocycles. The monoisotopic (exact) mass is 518 g/mol. The van der Waals surface area contributed by atoms with Crippen molar-refractivity contribution in [2.24, 2.45) is 0 Å². The molecule has 0 saturated heterocycles. The number of carbonyl (C=O) groups is 1. The standard InChI is InChI=1S/C23H18ClF3N6O3/c1-12(30-22(35)20-19(24)15(28-11-29-20)5-3-2-4-8-34)18-10-17(33-36-18)21-31-14-7-6-13(23(25,26)27)9-16(14)32-21/h6-7,9-12,34H,2,4,8H2,1H3,(H,30,35)(H,31,32). The predicted octanol–water partition coefficient (Wildman–Crippen LogP) is 4.30. The smallest absolute Gasteiger partial charge is 0.396 e. The number of rotatable bonds is 6. The van der Waals surface area contributed by atoms with Gasteiger partial charge < -0.3 is 19.9 Å². The highest BCUT2D eigenvalue weighted by Crippen LogP contribution is 2.32. The molecule has 1 amide bonds. The predicted molar refractivity (Wildman–Crippen MR) is 123 cm³/mol. The van der Waals surface area contributed by atoms with Crippen LogP contribution in [-0.2, 0) is 6.18 Å². The van der Waals surface area contributed by atoms with Gasteiger partial charge >= 0.3 is 6.18 Å². The first-order valence-electron chi connectivity index (χ1n) is 10.6. The summed E-state index contributed by atoms with van der Waals surface area (Å²) < 4.78 is 44.2. The van der Waals surface area contributed by atoms with E-state index in [2.05, 4.69) is 42.3 Å². The van der Waals surface area contributed by atoms with Crippen LogP contribution in [0.3, 0.4) is 0 Å². The fourth-order valence-corrected chi connectivity index (χ4v) is 3.41. The largest absolute Gasteiger partial charge is 0.416 e. The third-order valence-electron chi connectivity index (χ3n) is 5.03. The SMILES string of the molecule is CC(NC(=O)c1ncnc(C#CCCCO)c1Cl)c1cc(-c2nc3ccc(C(F)(F)F)cc3[nH]2)no1. The maximum atomic E-state index is 13.0. The Morgan fingerprint density at radius 2 is 2.11 bits per heavy atom. The molecular weight excluding hydrogens is 501 g/mol. The molecule has 36 heavy (non-hydrogen) atoms. The average molecular weight is 519 g/mol. The van der Waals surface area contributed by atoms with Crippen molar-refractivity contribution in [3.8, 4) is 23.4 Å². The molecule has 0 aliphatic heterocycles. The van der Waals surface area contributed by atoms with Gasteiger partial charge in [0, 0.05) is 19.1 Å². The van der Waals surface area contributed by atoms with Crippen molar-refractivity contribution in [2.75, 3.05) is 6.61 Å². The molecule has 4 rings (SSSR count). The maximum absolute atomic E-state index is 13.0. The number of H-pyrrole nitrogens is 1. The molecule has 1 atom stereocenters. The van der Waals surface area contributed by atoms with Gasteiger partial charge in [-0.25, -0.2) is 15.0 Å². The lowest BCUT2D eigenvalue weighted by Crippen LogP contribution is -2.27. The Balaban J connectivity index is 1.49. The number of benzene rings is 1. The van der Waals surface area contributed by atoms with Crippen LogP contribution >= 0.6 is 11.6 Å². The minimum Gasteiger partial charge on any atom is -0.396 e. The van der Waals surface area contributed by atoms with Crippen molar-refractivity contribution < 1.29 is 27.6 Å². The molecule has 0 saturated carbocycles. The second-order valence-electron chi connectivity index (χ2n) is 7.64. The molecular formula is C23H18ClF3N6O3. The Bertz CT molecular complexity index is 1470. The number of amides is 1. The number of hydrogen-bond acceptors (Lipinski definition) is 7. The molecule has 3 aromatic heterocycles. The minimum atomic E-state index is -4.48. The maximum Gasteiger partial charge on any atom is 0.416 e. The van der Waals surface area contributed by atoms with Gasteiger partial charge in [-0.15, -0.1) is 0 Å². The summed E-state index contributed by atoms with van der Waals surface area (Å²) in [7, 11) is 0. The van der Waals surface area contributed by atoms with E-state index in [1.807, 2.05) is 0 Å². The van der Waals surface area contributed by atoms with E-state index in [0.29, 0.717) is 18.4 Å². The highest BCUT2D eigenvalue weighted by atomic mass is 35.5. The molecule has 0 bridgehead atoms. The van der Waals surface area contributed by atoms with Crippen LogP contribution in [0.15, 0.2) is 35.1 Å². The Kier molecular flexibility index (Phi) is 7.23. The zero-order chi connectivity index (χ0) is 25.9. The van der Waals surface area contributed by atoms with E-state index in [0.717, 1.165) is 12.1 Å². The van der Waals surface area contributed by atoms with E-state index in [9.17, 15) is 18.0 Å². The van der Waals surface area contributed by atoms with Gasteiger partial charge in [0.1, 0.15) is 22.7 Å². The number of imidazole rings is 1. The summed E-state index contributed by atoms with van der Waals surface area (Å²) in [5.74, 6) is 5.43. The number of alkyl halides is 3. The van der Waals surface area contributed by atoms with E-state index in [-0.39, 0.29) is 45.8 Å². The molecule has 13 heteroatoms. The van der Waals surface area contributed by atoms with E-state index in [1.165, 1.54) is 18.5 Å². The lowest BCUT2D eigenvalue weighted by Gasteiger charge is -2.11. The number of hydrogen-bond donors (Lipinski definition) is 3. The van der Waals surface area contributed by atoms with Crippen LogP contribution in [-0.4, -0.2) is 42.7 Å². The molecule has 3 N–H and O–H groups in total. The zero-order valence-electron chi connectivity index (χ0n) is 18.6. The molecule has 0 aliphatic rings. The number of aromatic nitrogens is 5. The van der Waals surface area contributed by atoms with Gasteiger partial charge in [0.15, 0.2) is 17.3 Å². The number of aliphatic hydroxyl groups excluding tert-OH is 1. The summed E-state index contributed by atoms with van der Waals surface area (Å²) >= 11 is 6.25. The fourth-order valence-electron chi connectivity index (χ4n) is 3.18. The molecule has 3 heterocycles. The molecule has 186 valence electrons. The van der Waals surface area contributed by atoms with E-state index < -0.39 is 23.7 Å². The lowest BCUT2D eigenvalue weighted by atomic mass is 10.2. The topological polar surface area (TPSA) is 130 Å². The van der Waals surface area contributed by atoms with Crippen molar-refractivity contribution in [3.63, 3.8) is 0 Å². The van der Waals surface area contributed by atoms with Crippen molar-refractivity contribution in [1.82, 2.24) is 30.4 Å². The third kappa shape index (κ3) is 5.48. The van der Waals surface area contributed by atoms with Crippen molar-refractivity contribution >= 4 is 28.5 Å². The van der Waals surface area contributed by atoms with E-state index in [4.69, 9.17) is 21.2 Å². The van der Waals surface area contributed by atoms with Gasteiger partial charge in [-0.1, -0.05) is 22.7 Å². The number of aliphatic hydroxyl groups is 1. The van der Waals surface area contributed by atoms with Crippen LogP contribution in [0.1, 0.15) is 53.3 Å². The number of halogens is 4. The van der Waals surface area contributed by atoms with Gasteiger partial charge in [0.2, 0.25) is 0 Å². The summed E-state index contributed by atoms with van der Waals surface area (Å²) in [6.07, 6.45) is -2.37. The molecule has 0 fully saturated rings. The first-order chi connectivity index (χ1) is 17.2. The average Bonchev–Trinajstić information content (AvgIpc) is 3.49.